The monoisotopic (exact) mass is 382 g/mol. The summed E-state index contributed by atoms with van der Waals surface area (Å²) in [5.74, 6) is -0.342. The molecule has 1 aliphatic rings. The second-order valence-corrected chi connectivity index (χ2v) is 7.57. The Morgan fingerprint density at radius 3 is 2.35 bits per heavy atom. The van der Waals surface area contributed by atoms with Gasteiger partial charge in [-0.2, -0.15) is 0 Å². The standard InChI is InChI=1S/C19H30N4O2.ClH/c1-13-7-14(2)18(15(3)8-13)22-16(24)9-21-17(25)10-23-6-5-19(4,11-20)12-23;/h7-8H,5-6,9-12,20H2,1-4H3,(H,21,25)(H,22,24);1H. The first-order valence-electron chi connectivity index (χ1n) is 8.79. The van der Waals surface area contributed by atoms with Gasteiger partial charge in [0.2, 0.25) is 11.8 Å². The number of aryl methyl sites for hydroxylation is 3. The Morgan fingerprint density at radius 1 is 1.19 bits per heavy atom. The molecule has 1 unspecified atom stereocenters. The lowest BCUT2D eigenvalue weighted by molar-refractivity contribution is -0.124. The van der Waals surface area contributed by atoms with Crippen LogP contribution in [0, 0.1) is 26.2 Å². The van der Waals surface area contributed by atoms with Gasteiger partial charge in [0.25, 0.3) is 0 Å². The fourth-order valence-corrected chi connectivity index (χ4v) is 3.43. The number of nitrogens with zero attached hydrogens (tertiary/aromatic N) is 1. The highest BCUT2D eigenvalue weighted by Gasteiger charge is 2.33. The molecule has 1 aliphatic heterocycles. The Bertz CT molecular complexity index is 642. The lowest BCUT2D eigenvalue weighted by Gasteiger charge is -2.22. The third-order valence-corrected chi connectivity index (χ3v) is 4.88. The van der Waals surface area contributed by atoms with Gasteiger partial charge in [-0.25, -0.2) is 0 Å². The first-order valence-corrected chi connectivity index (χ1v) is 8.79. The molecule has 1 aromatic rings. The van der Waals surface area contributed by atoms with Crippen LogP contribution in [-0.4, -0.2) is 49.4 Å². The molecule has 6 nitrogen and oxygen atoms in total. The number of carbonyl (C=O) groups is 2. The number of hydrogen-bond acceptors (Lipinski definition) is 4. The lowest BCUT2D eigenvalue weighted by Crippen LogP contribution is -2.41. The average Bonchev–Trinajstić information content (AvgIpc) is 2.90. The van der Waals surface area contributed by atoms with Gasteiger partial charge in [-0.1, -0.05) is 24.6 Å². The van der Waals surface area contributed by atoms with Crippen LogP contribution in [-0.2, 0) is 9.59 Å². The SMILES string of the molecule is Cc1cc(C)c(NC(=O)CNC(=O)CN2CCC(C)(CN)C2)c(C)c1.Cl. The quantitative estimate of drug-likeness (QED) is 0.699. The number of nitrogens with one attached hydrogen (secondary N) is 2. The fourth-order valence-electron chi connectivity index (χ4n) is 3.43. The molecule has 0 saturated carbocycles. The number of anilines is 1. The zero-order valence-electron chi connectivity index (χ0n) is 16.1. The fraction of sp³-hybridized carbons (Fsp3) is 0.579. The zero-order valence-corrected chi connectivity index (χ0v) is 17.0. The Hall–Kier alpha value is -1.63. The Morgan fingerprint density at radius 2 is 1.81 bits per heavy atom. The first kappa shape index (κ1) is 22.4. The van der Waals surface area contributed by atoms with Crippen molar-refractivity contribution < 1.29 is 9.59 Å². The van der Waals surface area contributed by atoms with Crippen LogP contribution in [0.4, 0.5) is 5.69 Å². The van der Waals surface area contributed by atoms with Gasteiger partial charge < -0.3 is 16.4 Å². The predicted octanol–water partition coefficient (Wildman–Crippen LogP) is 1.76. The van der Waals surface area contributed by atoms with Crippen molar-refractivity contribution in [3.63, 3.8) is 0 Å². The van der Waals surface area contributed by atoms with E-state index in [1.807, 2.05) is 32.9 Å². The summed E-state index contributed by atoms with van der Waals surface area (Å²) in [6.07, 6.45) is 1.00. The van der Waals surface area contributed by atoms with Gasteiger partial charge in [0.05, 0.1) is 13.1 Å². The lowest BCUT2D eigenvalue weighted by atomic mass is 9.90. The first-order chi connectivity index (χ1) is 11.7. The predicted molar refractivity (Wildman–Crippen MR) is 108 cm³/mol. The zero-order chi connectivity index (χ0) is 18.6. The summed E-state index contributed by atoms with van der Waals surface area (Å²) < 4.78 is 0. The number of hydrogen-bond donors (Lipinski definition) is 3. The summed E-state index contributed by atoms with van der Waals surface area (Å²) in [6, 6.07) is 4.06. The van der Waals surface area contributed by atoms with Gasteiger partial charge in [-0.15, -0.1) is 12.4 Å². The second-order valence-electron chi connectivity index (χ2n) is 7.57. The van der Waals surface area contributed by atoms with E-state index in [0.29, 0.717) is 13.1 Å². The maximum Gasteiger partial charge on any atom is 0.243 e. The van der Waals surface area contributed by atoms with Crippen molar-refractivity contribution in [1.29, 1.82) is 0 Å². The molecular formula is C19H31ClN4O2. The highest BCUT2D eigenvalue weighted by Crippen LogP contribution is 2.28. The molecule has 2 rings (SSSR count). The van der Waals surface area contributed by atoms with E-state index < -0.39 is 0 Å². The molecule has 146 valence electrons. The third-order valence-electron chi connectivity index (χ3n) is 4.88. The van der Waals surface area contributed by atoms with Crippen molar-refractivity contribution in [2.24, 2.45) is 11.1 Å². The van der Waals surface area contributed by atoms with Crippen molar-refractivity contribution >= 4 is 29.9 Å². The number of amides is 2. The summed E-state index contributed by atoms with van der Waals surface area (Å²) in [5.41, 5.74) is 9.91. The molecule has 1 fully saturated rings. The van der Waals surface area contributed by atoms with Crippen molar-refractivity contribution in [2.45, 2.75) is 34.1 Å². The van der Waals surface area contributed by atoms with Crippen LogP contribution in [0.15, 0.2) is 12.1 Å². The molecule has 4 N–H and O–H groups in total. The van der Waals surface area contributed by atoms with Gasteiger partial charge in [0, 0.05) is 12.2 Å². The van der Waals surface area contributed by atoms with E-state index in [1.54, 1.807) is 0 Å². The van der Waals surface area contributed by atoms with E-state index in [-0.39, 0.29) is 36.2 Å². The third kappa shape index (κ3) is 5.97. The number of halogens is 1. The van der Waals surface area contributed by atoms with E-state index in [0.717, 1.165) is 41.9 Å². The van der Waals surface area contributed by atoms with Crippen molar-refractivity contribution in [1.82, 2.24) is 10.2 Å². The molecule has 0 spiro atoms. The van der Waals surface area contributed by atoms with E-state index >= 15 is 0 Å². The maximum absolute atomic E-state index is 12.1. The van der Waals surface area contributed by atoms with Gasteiger partial charge in [0.1, 0.15) is 0 Å². The van der Waals surface area contributed by atoms with Crippen LogP contribution in [0.5, 0.6) is 0 Å². The topological polar surface area (TPSA) is 87.5 Å². The number of benzene rings is 1. The molecule has 1 aromatic carbocycles. The summed E-state index contributed by atoms with van der Waals surface area (Å²) in [5, 5.41) is 5.59. The Kier molecular flexibility index (Phi) is 8.06. The van der Waals surface area contributed by atoms with Gasteiger partial charge >= 0.3 is 0 Å². The van der Waals surface area contributed by atoms with E-state index in [2.05, 4.69) is 22.5 Å². The number of rotatable bonds is 6. The second kappa shape index (κ2) is 9.35. The van der Waals surface area contributed by atoms with Gasteiger partial charge in [0.15, 0.2) is 0 Å². The normalized spacial score (nSPS) is 19.7. The average molecular weight is 383 g/mol. The Balaban J connectivity index is 0.00000338. The molecule has 0 aromatic heterocycles. The molecule has 0 radical (unpaired) electrons. The van der Waals surface area contributed by atoms with Crippen LogP contribution in [0.3, 0.4) is 0 Å². The van der Waals surface area contributed by atoms with Crippen LogP contribution in [0.25, 0.3) is 0 Å². The number of nitrogens with two attached hydrogens (primary N) is 1. The summed E-state index contributed by atoms with van der Waals surface area (Å²) in [6.45, 7) is 10.7. The highest BCUT2D eigenvalue weighted by molar-refractivity contribution is 5.96. The number of carbonyl (C=O) groups excluding carboxylic acids is 2. The molecule has 2 amide bonds. The van der Waals surface area contributed by atoms with Crippen molar-refractivity contribution in [2.75, 3.05) is 38.0 Å². The molecular weight excluding hydrogens is 352 g/mol. The number of likely N-dealkylation sites (tertiary alicyclic amines) is 1. The van der Waals surface area contributed by atoms with Crippen LogP contribution in [0.1, 0.15) is 30.0 Å². The van der Waals surface area contributed by atoms with Crippen LogP contribution >= 0.6 is 12.4 Å². The molecule has 0 aliphatic carbocycles. The smallest absolute Gasteiger partial charge is 0.243 e. The van der Waals surface area contributed by atoms with Crippen molar-refractivity contribution in [3.8, 4) is 0 Å². The summed E-state index contributed by atoms with van der Waals surface area (Å²) in [4.78, 5) is 26.3. The molecule has 26 heavy (non-hydrogen) atoms. The minimum Gasteiger partial charge on any atom is -0.346 e. The molecule has 1 saturated heterocycles. The van der Waals surface area contributed by atoms with Gasteiger partial charge in [-0.05, 0) is 56.8 Å². The summed E-state index contributed by atoms with van der Waals surface area (Å²) >= 11 is 0. The highest BCUT2D eigenvalue weighted by atomic mass is 35.5. The van der Waals surface area contributed by atoms with E-state index in [4.69, 9.17) is 5.73 Å². The molecule has 1 heterocycles. The minimum atomic E-state index is -0.211. The Labute approximate surface area is 162 Å². The molecule has 7 heteroatoms. The van der Waals surface area contributed by atoms with Crippen LogP contribution < -0.4 is 16.4 Å². The van der Waals surface area contributed by atoms with E-state index in [1.165, 1.54) is 0 Å². The van der Waals surface area contributed by atoms with Gasteiger partial charge in [-0.3, -0.25) is 14.5 Å². The maximum atomic E-state index is 12.1. The van der Waals surface area contributed by atoms with Crippen LogP contribution in [0.2, 0.25) is 0 Å². The molecule has 1 atom stereocenters. The van der Waals surface area contributed by atoms with Crippen molar-refractivity contribution in [3.05, 3.63) is 28.8 Å². The minimum absolute atomic E-state index is 0. The largest absolute Gasteiger partial charge is 0.346 e. The summed E-state index contributed by atoms with van der Waals surface area (Å²) in [7, 11) is 0. The van der Waals surface area contributed by atoms with E-state index in [9.17, 15) is 9.59 Å². The molecule has 0 bridgehead atoms.